The van der Waals surface area contributed by atoms with Crippen molar-refractivity contribution in [1.82, 2.24) is 10.2 Å². The average molecular weight is 240 g/mol. The fourth-order valence-corrected chi connectivity index (χ4v) is 2.68. The Morgan fingerprint density at radius 1 is 1.18 bits per heavy atom. The van der Waals surface area contributed by atoms with Crippen LogP contribution in [0.2, 0.25) is 0 Å². The molecule has 1 N–H and O–H groups in total. The number of hydrogen-bond donors (Lipinski definition) is 1. The maximum Gasteiger partial charge on any atom is 0.317 e. The first-order chi connectivity index (χ1) is 7.78. The Balaban J connectivity index is 2.29. The van der Waals surface area contributed by atoms with E-state index in [1.807, 2.05) is 0 Å². The number of carbonyl (C=O) groups is 1. The number of amides is 2. The number of rotatable bonds is 2. The maximum absolute atomic E-state index is 11.5. The molecule has 3 heteroatoms. The predicted molar refractivity (Wildman–Crippen MR) is 72.0 cm³/mol. The van der Waals surface area contributed by atoms with Crippen LogP contribution in [0.4, 0.5) is 4.79 Å². The van der Waals surface area contributed by atoms with E-state index in [0.717, 1.165) is 18.8 Å². The van der Waals surface area contributed by atoms with Crippen LogP contribution in [-0.4, -0.2) is 31.1 Å². The molecule has 0 radical (unpaired) electrons. The molecule has 1 rings (SSSR count). The zero-order valence-electron chi connectivity index (χ0n) is 12.0. The monoisotopic (exact) mass is 240 g/mol. The van der Waals surface area contributed by atoms with Gasteiger partial charge in [0, 0.05) is 20.1 Å². The molecular weight excluding hydrogens is 212 g/mol. The molecule has 0 bridgehead atoms. The number of hydrogen-bond acceptors (Lipinski definition) is 1. The van der Waals surface area contributed by atoms with Gasteiger partial charge in [0.15, 0.2) is 0 Å². The Bertz CT molecular complexity index is 247. The van der Waals surface area contributed by atoms with Gasteiger partial charge in [0.05, 0.1) is 0 Å². The highest BCUT2D eigenvalue weighted by atomic mass is 16.2. The fraction of sp³-hybridized carbons (Fsp3) is 0.929. The fourth-order valence-electron chi connectivity index (χ4n) is 2.68. The highest BCUT2D eigenvalue weighted by Crippen LogP contribution is 2.34. The van der Waals surface area contributed by atoms with Crippen LogP contribution in [0.1, 0.15) is 52.9 Å². The average Bonchev–Trinajstić information content (AvgIpc) is 2.18. The summed E-state index contributed by atoms with van der Waals surface area (Å²) in [6.45, 7) is 6.94. The van der Waals surface area contributed by atoms with E-state index in [4.69, 9.17) is 0 Å². The number of nitrogens with zero attached hydrogens (tertiary/aromatic N) is 1. The van der Waals surface area contributed by atoms with Gasteiger partial charge in [0.25, 0.3) is 0 Å². The molecule has 0 spiro atoms. The summed E-state index contributed by atoms with van der Waals surface area (Å²) >= 11 is 0. The first kappa shape index (κ1) is 14.3. The van der Waals surface area contributed by atoms with E-state index in [2.05, 4.69) is 26.1 Å². The van der Waals surface area contributed by atoms with Crippen LogP contribution >= 0.6 is 0 Å². The van der Waals surface area contributed by atoms with Crippen LogP contribution < -0.4 is 5.32 Å². The zero-order chi connectivity index (χ0) is 13.1. The van der Waals surface area contributed by atoms with Gasteiger partial charge in [-0.1, -0.05) is 20.8 Å². The SMILES string of the molecule is CN(C)C(=O)N[C@H]1CC[C@H](CC(C)(C)C)CC1. The highest BCUT2D eigenvalue weighted by molar-refractivity contribution is 5.73. The molecule has 0 saturated heterocycles. The van der Waals surface area contributed by atoms with Crippen molar-refractivity contribution in [3.8, 4) is 0 Å². The lowest BCUT2D eigenvalue weighted by molar-refractivity contribution is 0.192. The topological polar surface area (TPSA) is 32.3 Å². The predicted octanol–water partition coefficient (Wildman–Crippen LogP) is 3.25. The summed E-state index contributed by atoms with van der Waals surface area (Å²) in [5.74, 6) is 0.850. The minimum Gasteiger partial charge on any atom is -0.335 e. The first-order valence-corrected chi connectivity index (χ1v) is 6.76. The van der Waals surface area contributed by atoms with Gasteiger partial charge >= 0.3 is 6.03 Å². The van der Waals surface area contributed by atoms with Crippen molar-refractivity contribution in [3.63, 3.8) is 0 Å². The van der Waals surface area contributed by atoms with Crippen molar-refractivity contribution >= 4 is 6.03 Å². The summed E-state index contributed by atoms with van der Waals surface area (Å²) in [6.07, 6.45) is 6.10. The first-order valence-electron chi connectivity index (χ1n) is 6.76. The molecule has 0 aliphatic heterocycles. The Hall–Kier alpha value is -0.730. The third-order valence-corrected chi connectivity index (χ3v) is 3.48. The molecule has 0 unspecified atom stereocenters. The summed E-state index contributed by atoms with van der Waals surface area (Å²) in [4.78, 5) is 13.1. The Morgan fingerprint density at radius 3 is 2.12 bits per heavy atom. The Kier molecular flexibility index (Phi) is 4.84. The van der Waals surface area contributed by atoms with Crippen molar-refractivity contribution in [3.05, 3.63) is 0 Å². The molecule has 0 heterocycles. The standard InChI is InChI=1S/C14H28N2O/c1-14(2,3)10-11-6-8-12(9-7-11)15-13(17)16(4)5/h11-12H,6-10H2,1-5H3,(H,15,17)/t11-,12-. The molecule has 1 aliphatic carbocycles. The van der Waals surface area contributed by atoms with Crippen LogP contribution in [0, 0.1) is 11.3 Å². The lowest BCUT2D eigenvalue weighted by Crippen LogP contribution is -2.43. The molecule has 1 aliphatic rings. The second-order valence-corrected chi connectivity index (χ2v) is 6.83. The largest absolute Gasteiger partial charge is 0.335 e. The highest BCUT2D eigenvalue weighted by Gasteiger charge is 2.25. The van der Waals surface area contributed by atoms with Crippen LogP contribution in [-0.2, 0) is 0 Å². The van der Waals surface area contributed by atoms with Gasteiger partial charge in [0.2, 0.25) is 0 Å². The summed E-state index contributed by atoms with van der Waals surface area (Å²) in [7, 11) is 3.58. The molecule has 1 fully saturated rings. The van der Waals surface area contributed by atoms with Crippen LogP contribution in [0.3, 0.4) is 0 Å². The quantitative estimate of drug-likeness (QED) is 0.789. The van der Waals surface area contributed by atoms with Gasteiger partial charge in [-0.3, -0.25) is 0 Å². The summed E-state index contributed by atoms with van der Waals surface area (Å²) in [5.41, 5.74) is 0.435. The molecule has 0 aromatic heterocycles. The normalized spacial score (nSPS) is 25.5. The Labute approximate surface area is 106 Å². The number of urea groups is 1. The molecule has 3 nitrogen and oxygen atoms in total. The third-order valence-electron chi connectivity index (χ3n) is 3.48. The molecule has 17 heavy (non-hydrogen) atoms. The molecule has 1 saturated carbocycles. The molecule has 2 amide bonds. The summed E-state index contributed by atoms with van der Waals surface area (Å²) in [5, 5.41) is 3.09. The van der Waals surface area contributed by atoms with E-state index in [1.165, 1.54) is 19.3 Å². The molecule has 0 aromatic carbocycles. The maximum atomic E-state index is 11.5. The number of nitrogens with one attached hydrogen (secondary N) is 1. The smallest absolute Gasteiger partial charge is 0.317 e. The van der Waals surface area contributed by atoms with Gasteiger partial charge < -0.3 is 10.2 Å². The molecular formula is C14H28N2O. The molecule has 0 atom stereocenters. The lowest BCUT2D eigenvalue weighted by Gasteiger charge is -2.33. The van der Waals surface area contributed by atoms with Crippen molar-refractivity contribution in [2.45, 2.75) is 58.9 Å². The molecule has 0 aromatic rings. The van der Waals surface area contributed by atoms with Gasteiger partial charge in [-0.05, 0) is 43.4 Å². The van der Waals surface area contributed by atoms with E-state index in [-0.39, 0.29) is 6.03 Å². The Morgan fingerprint density at radius 2 is 1.71 bits per heavy atom. The van der Waals surface area contributed by atoms with Crippen molar-refractivity contribution in [1.29, 1.82) is 0 Å². The van der Waals surface area contributed by atoms with E-state index in [1.54, 1.807) is 19.0 Å². The summed E-state index contributed by atoms with van der Waals surface area (Å²) in [6, 6.07) is 0.436. The van der Waals surface area contributed by atoms with Crippen LogP contribution in [0.5, 0.6) is 0 Å². The van der Waals surface area contributed by atoms with Gasteiger partial charge in [-0.2, -0.15) is 0 Å². The van der Waals surface area contributed by atoms with Crippen molar-refractivity contribution in [2.24, 2.45) is 11.3 Å². The van der Waals surface area contributed by atoms with E-state index in [9.17, 15) is 4.79 Å². The molecule has 100 valence electrons. The van der Waals surface area contributed by atoms with Crippen molar-refractivity contribution < 1.29 is 4.79 Å². The third kappa shape index (κ3) is 5.42. The summed E-state index contributed by atoms with van der Waals surface area (Å²) < 4.78 is 0. The van der Waals surface area contributed by atoms with Crippen molar-refractivity contribution in [2.75, 3.05) is 14.1 Å². The van der Waals surface area contributed by atoms with E-state index < -0.39 is 0 Å². The second-order valence-electron chi connectivity index (χ2n) is 6.83. The van der Waals surface area contributed by atoms with Gasteiger partial charge in [-0.25, -0.2) is 4.79 Å². The number of carbonyl (C=O) groups excluding carboxylic acids is 1. The second kappa shape index (κ2) is 5.74. The minimum atomic E-state index is 0.0456. The van der Waals surface area contributed by atoms with Gasteiger partial charge in [0.1, 0.15) is 0 Å². The lowest BCUT2D eigenvalue weighted by atomic mass is 9.76. The van der Waals surface area contributed by atoms with Crippen LogP contribution in [0.15, 0.2) is 0 Å². The van der Waals surface area contributed by atoms with E-state index >= 15 is 0 Å². The van der Waals surface area contributed by atoms with Gasteiger partial charge in [-0.15, -0.1) is 0 Å². The zero-order valence-corrected chi connectivity index (χ0v) is 12.0. The van der Waals surface area contributed by atoms with Crippen LogP contribution in [0.25, 0.3) is 0 Å². The minimum absolute atomic E-state index is 0.0456. The van der Waals surface area contributed by atoms with E-state index in [0.29, 0.717) is 11.5 Å².